The summed E-state index contributed by atoms with van der Waals surface area (Å²) < 4.78 is 5.87. The van der Waals surface area contributed by atoms with Gasteiger partial charge in [0.1, 0.15) is 5.75 Å². The Bertz CT molecular complexity index is 360. The average Bonchev–Trinajstić information content (AvgIpc) is 2.37. The largest absolute Gasteiger partial charge is 0.493 e. The van der Waals surface area contributed by atoms with Crippen molar-refractivity contribution in [2.45, 2.75) is 53.0 Å². The summed E-state index contributed by atoms with van der Waals surface area (Å²) in [7, 11) is 0. The molecule has 0 fully saturated rings. The van der Waals surface area contributed by atoms with Crippen LogP contribution in [-0.2, 0) is 6.42 Å². The van der Waals surface area contributed by atoms with Crippen molar-refractivity contribution in [1.29, 1.82) is 0 Å². The molecule has 2 nitrogen and oxygen atoms in total. The number of aryl methyl sites for hydroxylation is 1. The molecule has 0 aliphatic carbocycles. The number of nitrogens with two attached hydrogens (primary N) is 1. The van der Waals surface area contributed by atoms with Gasteiger partial charge >= 0.3 is 0 Å². The lowest BCUT2D eigenvalue weighted by molar-refractivity contribution is 0.268. The minimum absolute atomic E-state index is 0.309. The molecule has 0 heterocycles. The van der Waals surface area contributed by atoms with Crippen LogP contribution in [0.3, 0.4) is 0 Å². The molecular weight excluding hydrogens is 234 g/mol. The Labute approximate surface area is 118 Å². The van der Waals surface area contributed by atoms with Crippen LogP contribution in [0.25, 0.3) is 0 Å². The molecule has 2 N–H and O–H groups in total. The molecule has 0 spiro atoms. The van der Waals surface area contributed by atoms with E-state index in [9.17, 15) is 0 Å². The Morgan fingerprint density at radius 1 is 1.11 bits per heavy atom. The average molecular weight is 263 g/mol. The molecule has 0 aromatic heterocycles. The van der Waals surface area contributed by atoms with E-state index in [4.69, 9.17) is 10.5 Å². The van der Waals surface area contributed by atoms with Gasteiger partial charge in [0.15, 0.2) is 0 Å². The summed E-state index contributed by atoms with van der Waals surface area (Å²) in [6, 6.07) is 8.67. The van der Waals surface area contributed by atoms with Crippen LogP contribution in [-0.4, -0.2) is 12.6 Å². The maximum atomic E-state index is 6.09. The summed E-state index contributed by atoms with van der Waals surface area (Å²) in [6.07, 6.45) is 3.26. The molecule has 0 saturated heterocycles. The summed E-state index contributed by atoms with van der Waals surface area (Å²) in [5, 5.41) is 0. The maximum Gasteiger partial charge on any atom is 0.122 e. The SMILES string of the molecule is CC(C)COc1ccccc1CCCC(N)C(C)C. The third-order valence-corrected chi connectivity index (χ3v) is 3.38. The third-order valence-electron chi connectivity index (χ3n) is 3.38. The van der Waals surface area contributed by atoms with Gasteiger partial charge in [0.2, 0.25) is 0 Å². The second-order valence-electron chi connectivity index (χ2n) is 6.11. The maximum absolute atomic E-state index is 6.09. The van der Waals surface area contributed by atoms with Gasteiger partial charge in [-0.05, 0) is 42.7 Å². The molecule has 1 unspecified atom stereocenters. The molecule has 0 radical (unpaired) electrons. The van der Waals surface area contributed by atoms with Crippen LogP contribution in [0.1, 0.15) is 46.1 Å². The van der Waals surface area contributed by atoms with Crippen LogP contribution in [0.4, 0.5) is 0 Å². The van der Waals surface area contributed by atoms with Crippen molar-refractivity contribution in [3.63, 3.8) is 0 Å². The highest BCUT2D eigenvalue weighted by Crippen LogP contribution is 2.21. The highest BCUT2D eigenvalue weighted by Gasteiger charge is 2.09. The van der Waals surface area contributed by atoms with Crippen LogP contribution in [0.15, 0.2) is 24.3 Å². The number of rotatable bonds is 8. The van der Waals surface area contributed by atoms with Gasteiger partial charge in [-0.15, -0.1) is 0 Å². The predicted octanol–water partition coefficient (Wildman–Crippen LogP) is 4.03. The summed E-state index contributed by atoms with van der Waals surface area (Å²) in [4.78, 5) is 0. The lowest BCUT2D eigenvalue weighted by atomic mass is 9.97. The Hall–Kier alpha value is -1.02. The predicted molar refractivity (Wildman–Crippen MR) is 82.5 cm³/mol. The molecule has 1 rings (SSSR count). The molecule has 1 aromatic carbocycles. The first kappa shape index (κ1) is 16.0. The van der Waals surface area contributed by atoms with Gasteiger partial charge < -0.3 is 10.5 Å². The van der Waals surface area contributed by atoms with Gasteiger partial charge in [0, 0.05) is 6.04 Å². The van der Waals surface area contributed by atoms with E-state index < -0.39 is 0 Å². The summed E-state index contributed by atoms with van der Waals surface area (Å²) in [5.41, 5.74) is 7.39. The molecular formula is C17H29NO. The summed E-state index contributed by atoms with van der Waals surface area (Å²) >= 11 is 0. The van der Waals surface area contributed by atoms with Gasteiger partial charge in [0.25, 0.3) is 0 Å². The Morgan fingerprint density at radius 2 is 1.79 bits per heavy atom. The number of benzene rings is 1. The molecule has 1 aromatic rings. The normalized spacial score (nSPS) is 13.0. The van der Waals surface area contributed by atoms with E-state index in [-0.39, 0.29) is 0 Å². The summed E-state index contributed by atoms with van der Waals surface area (Å²) in [6.45, 7) is 9.49. The fourth-order valence-electron chi connectivity index (χ4n) is 1.97. The number of para-hydroxylation sites is 1. The van der Waals surface area contributed by atoms with E-state index in [1.54, 1.807) is 0 Å². The number of hydrogen-bond donors (Lipinski definition) is 1. The molecule has 0 saturated carbocycles. The van der Waals surface area contributed by atoms with Gasteiger partial charge in [-0.2, -0.15) is 0 Å². The van der Waals surface area contributed by atoms with Crippen molar-refractivity contribution >= 4 is 0 Å². The van der Waals surface area contributed by atoms with E-state index in [0.717, 1.165) is 31.6 Å². The molecule has 108 valence electrons. The topological polar surface area (TPSA) is 35.2 Å². The molecule has 0 amide bonds. The summed E-state index contributed by atoms with van der Waals surface area (Å²) in [5.74, 6) is 2.16. The third kappa shape index (κ3) is 6.11. The lowest BCUT2D eigenvalue weighted by Gasteiger charge is -2.16. The Morgan fingerprint density at radius 3 is 2.42 bits per heavy atom. The second-order valence-corrected chi connectivity index (χ2v) is 6.11. The number of ether oxygens (including phenoxy) is 1. The van der Waals surface area contributed by atoms with E-state index in [0.29, 0.717) is 17.9 Å². The zero-order valence-corrected chi connectivity index (χ0v) is 12.9. The van der Waals surface area contributed by atoms with Gasteiger partial charge in [-0.3, -0.25) is 0 Å². The highest BCUT2D eigenvalue weighted by atomic mass is 16.5. The van der Waals surface area contributed by atoms with E-state index >= 15 is 0 Å². The van der Waals surface area contributed by atoms with Crippen molar-refractivity contribution < 1.29 is 4.74 Å². The van der Waals surface area contributed by atoms with Crippen molar-refractivity contribution in [3.8, 4) is 5.75 Å². The Balaban J connectivity index is 2.48. The fourth-order valence-corrected chi connectivity index (χ4v) is 1.97. The van der Waals surface area contributed by atoms with Crippen molar-refractivity contribution in [2.24, 2.45) is 17.6 Å². The van der Waals surface area contributed by atoms with Crippen molar-refractivity contribution in [2.75, 3.05) is 6.61 Å². The molecule has 0 bridgehead atoms. The lowest BCUT2D eigenvalue weighted by Crippen LogP contribution is -2.26. The van der Waals surface area contributed by atoms with Gasteiger partial charge in [-0.25, -0.2) is 0 Å². The standard InChI is InChI=1S/C17H29NO/c1-13(2)12-19-17-11-6-5-8-15(17)9-7-10-16(18)14(3)4/h5-6,8,11,13-14,16H,7,9-10,12,18H2,1-4H3. The monoisotopic (exact) mass is 263 g/mol. The molecule has 19 heavy (non-hydrogen) atoms. The van der Waals surface area contributed by atoms with Crippen LogP contribution >= 0.6 is 0 Å². The molecule has 1 atom stereocenters. The zero-order valence-electron chi connectivity index (χ0n) is 12.9. The molecule has 0 aliphatic rings. The van der Waals surface area contributed by atoms with Crippen molar-refractivity contribution in [3.05, 3.63) is 29.8 Å². The number of hydrogen-bond acceptors (Lipinski definition) is 2. The van der Waals surface area contributed by atoms with Crippen LogP contribution in [0, 0.1) is 11.8 Å². The molecule has 2 heteroatoms. The first-order chi connectivity index (χ1) is 9.00. The fraction of sp³-hybridized carbons (Fsp3) is 0.647. The van der Waals surface area contributed by atoms with E-state index in [1.807, 2.05) is 6.07 Å². The zero-order chi connectivity index (χ0) is 14.3. The molecule has 0 aliphatic heterocycles. The van der Waals surface area contributed by atoms with Crippen LogP contribution < -0.4 is 10.5 Å². The van der Waals surface area contributed by atoms with E-state index in [1.165, 1.54) is 5.56 Å². The van der Waals surface area contributed by atoms with Gasteiger partial charge in [-0.1, -0.05) is 45.9 Å². The van der Waals surface area contributed by atoms with Crippen LogP contribution in [0.5, 0.6) is 5.75 Å². The first-order valence-electron chi connectivity index (χ1n) is 7.47. The first-order valence-corrected chi connectivity index (χ1v) is 7.47. The quantitative estimate of drug-likeness (QED) is 0.768. The highest BCUT2D eigenvalue weighted by molar-refractivity contribution is 5.33. The van der Waals surface area contributed by atoms with E-state index in [2.05, 4.69) is 45.9 Å². The van der Waals surface area contributed by atoms with Gasteiger partial charge in [0.05, 0.1) is 6.61 Å². The smallest absolute Gasteiger partial charge is 0.122 e. The van der Waals surface area contributed by atoms with Crippen LogP contribution in [0.2, 0.25) is 0 Å². The van der Waals surface area contributed by atoms with Crippen molar-refractivity contribution in [1.82, 2.24) is 0 Å². The second kappa shape index (κ2) is 8.21. The minimum atomic E-state index is 0.309. The Kier molecular flexibility index (Phi) is 6.93. The minimum Gasteiger partial charge on any atom is -0.493 e.